The Morgan fingerprint density at radius 3 is 2.27 bits per heavy atom. The summed E-state index contributed by atoms with van der Waals surface area (Å²) < 4.78 is 1.90. The van der Waals surface area contributed by atoms with Crippen molar-refractivity contribution in [3.8, 4) is 11.3 Å². The quantitative estimate of drug-likeness (QED) is 0.668. The number of amides is 1. The Morgan fingerprint density at radius 1 is 0.933 bits per heavy atom. The number of aromatic nitrogens is 3. The van der Waals surface area contributed by atoms with Crippen LogP contribution in [0.15, 0.2) is 59.7 Å². The van der Waals surface area contributed by atoms with Crippen molar-refractivity contribution in [2.75, 3.05) is 31.1 Å². The molecule has 1 aromatic carbocycles. The number of carbonyl (C=O) groups is 1. The smallest absolute Gasteiger partial charge is 0.242 e. The van der Waals surface area contributed by atoms with Gasteiger partial charge in [0.15, 0.2) is 5.43 Å². The van der Waals surface area contributed by atoms with Crippen LogP contribution in [0.1, 0.15) is 11.4 Å². The summed E-state index contributed by atoms with van der Waals surface area (Å²) in [6.07, 6.45) is 1.59. The number of anilines is 1. The van der Waals surface area contributed by atoms with Crippen LogP contribution in [0.3, 0.4) is 0 Å². The van der Waals surface area contributed by atoms with Crippen molar-refractivity contribution in [3.63, 3.8) is 0 Å². The first-order valence-electron chi connectivity index (χ1n) is 10.1. The molecule has 0 bridgehead atoms. The number of carbonyl (C=O) groups excluding carboxylic acids is 1. The topological polar surface area (TPSA) is 71.3 Å². The first-order chi connectivity index (χ1) is 14.5. The molecule has 3 heterocycles. The van der Waals surface area contributed by atoms with E-state index in [1.54, 1.807) is 18.5 Å². The summed E-state index contributed by atoms with van der Waals surface area (Å²) in [6.45, 7) is 6.70. The molecule has 0 N–H and O–H groups in total. The third-order valence-corrected chi connectivity index (χ3v) is 5.53. The average Bonchev–Trinajstić information content (AvgIpc) is 2.77. The summed E-state index contributed by atoms with van der Waals surface area (Å²) in [5, 5.41) is 0. The Kier molecular flexibility index (Phi) is 5.61. The van der Waals surface area contributed by atoms with Gasteiger partial charge in [-0.3, -0.25) is 9.59 Å². The van der Waals surface area contributed by atoms with Gasteiger partial charge in [-0.25, -0.2) is 9.97 Å². The predicted molar refractivity (Wildman–Crippen MR) is 116 cm³/mol. The number of aryl methyl sites for hydroxylation is 2. The number of rotatable bonds is 4. The summed E-state index contributed by atoms with van der Waals surface area (Å²) in [4.78, 5) is 37.3. The second-order valence-electron chi connectivity index (χ2n) is 7.56. The molecular weight excluding hydrogens is 378 g/mol. The normalized spacial score (nSPS) is 14.1. The molecule has 30 heavy (non-hydrogen) atoms. The zero-order valence-electron chi connectivity index (χ0n) is 17.3. The van der Waals surface area contributed by atoms with Crippen LogP contribution in [0, 0.1) is 13.8 Å². The maximum atomic E-state index is 12.8. The highest BCUT2D eigenvalue weighted by molar-refractivity contribution is 5.76. The van der Waals surface area contributed by atoms with Crippen LogP contribution in [-0.4, -0.2) is 51.5 Å². The molecule has 0 spiro atoms. The number of pyridine rings is 1. The molecule has 1 saturated heterocycles. The van der Waals surface area contributed by atoms with Crippen molar-refractivity contribution in [3.05, 3.63) is 76.5 Å². The average molecular weight is 403 g/mol. The van der Waals surface area contributed by atoms with Crippen LogP contribution in [-0.2, 0) is 11.3 Å². The Bertz CT molecular complexity index is 1080. The Morgan fingerprint density at radius 2 is 1.60 bits per heavy atom. The highest BCUT2D eigenvalue weighted by Crippen LogP contribution is 2.21. The van der Waals surface area contributed by atoms with Crippen LogP contribution < -0.4 is 10.3 Å². The monoisotopic (exact) mass is 403 g/mol. The standard InChI is InChI=1S/C23H25N5O2/c1-17-12-20(29)13-18(2)28(17)15-23(30)27-10-8-26(9-11-27)22-14-21(24-16-25-22)19-6-4-3-5-7-19/h3-7,12-14,16H,8-11,15H2,1-2H3. The molecule has 2 aromatic heterocycles. The Balaban J connectivity index is 1.41. The van der Waals surface area contributed by atoms with Gasteiger partial charge < -0.3 is 14.4 Å². The number of hydrogen-bond acceptors (Lipinski definition) is 5. The van der Waals surface area contributed by atoms with E-state index in [0.717, 1.165) is 41.6 Å². The minimum Gasteiger partial charge on any atom is -0.353 e. The van der Waals surface area contributed by atoms with Gasteiger partial charge in [0, 0.05) is 61.3 Å². The van der Waals surface area contributed by atoms with E-state index in [4.69, 9.17) is 0 Å². The van der Waals surface area contributed by atoms with Crippen LogP contribution in [0.2, 0.25) is 0 Å². The van der Waals surface area contributed by atoms with E-state index in [2.05, 4.69) is 14.9 Å². The molecule has 7 nitrogen and oxygen atoms in total. The fraction of sp³-hybridized carbons (Fsp3) is 0.304. The predicted octanol–water partition coefficient (Wildman–Crippen LogP) is 2.27. The van der Waals surface area contributed by atoms with Crippen molar-refractivity contribution in [1.82, 2.24) is 19.4 Å². The fourth-order valence-corrected chi connectivity index (χ4v) is 3.84. The van der Waals surface area contributed by atoms with Gasteiger partial charge in [-0.2, -0.15) is 0 Å². The van der Waals surface area contributed by atoms with Crippen LogP contribution in [0.5, 0.6) is 0 Å². The molecule has 154 valence electrons. The van der Waals surface area contributed by atoms with E-state index < -0.39 is 0 Å². The SMILES string of the molecule is Cc1cc(=O)cc(C)n1CC(=O)N1CCN(c2cc(-c3ccccc3)ncn2)CC1. The van der Waals surface area contributed by atoms with Crippen LogP contribution in [0.4, 0.5) is 5.82 Å². The second kappa shape index (κ2) is 8.49. The van der Waals surface area contributed by atoms with Crippen molar-refractivity contribution in [2.45, 2.75) is 20.4 Å². The molecule has 0 saturated carbocycles. The van der Waals surface area contributed by atoms with Gasteiger partial charge in [0.2, 0.25) is 5.91 Å². The second-order valence-corrected chi connectivity index (χ2v) is 7.56. The lowest BCUT2D eigenvalue weighted by molar-refractivity contribution is -0.132. The number of piperazine rings is 1. The molecule has 0 radical (unpaired) electrons. The first kappa shape index (κ1) is 19.8. The van der Waals surface area contributed by atoms with Crippen molar-refractivity contribution in [1.29, 1.82) is 0 Å². The molecule has 7 heteroatoms. The van der Waals surface area contributed by atoms with Crippen LogP contribution >= 0.6 is 0 Å². The molecular formula is C23H25N5O2. The van der Waals surface area contributed by atoms with Gasteiger partial charge in [0.05, 0.1) is 5.69 Å². The molecule has 1 amide bonds. The van der Waals surface area contributed by atoms with Crippen molar-refractivity contribution in [2.24, 2.45) is 0 Å². The van der Waals surface area contributed by atoms with Crippen molar-refractivity contribution < 1.29 is 4.79 Å². The third kappa shape index (κ3) is 4.25. The number of hydrogen-bond donors (Lipinski definition) is 0. The summed E-state index contributed by atoms with van der Waals surface area (Å²) >= 11 is 0. The van der Waals surface area contributed by atoms with Gasteiger partial charge in [0.25, 0.3) is 0 Å². The minimum atomic E-state index is -0.0259. The molecule has 1 aliphatic rings. The molecule has 4 rings (SSSR count). The number of nitrogens with zero attached hydrogens (tertiary/aromatic N) is 5. The highest BCUT2D eigenvalue weighted by atomic mass is 16.2. The largest absolute Gasteiger partial charge is 0.353 e. The van der Waals surface area contributed by atoms with Gasteiger partial charge in [0.1, 0.15) is 18.7 Å². The van der Waals surface area contributed by atoms with E-state index in [0.29, 0.717) is 13.1 Å². The van der Waals surface area contributed by atoms with E-state index in [-0.39, 0.29) is 17.9 Å². The molecule has 0 atom stereocenters. The van der Waals surface area contributed by atoms with Gasteiger partial charge in [-0.05, 0) is 13.8 Å². The molecule has 3 aromatic rings. The molecule has 1 aliphatic heterocycles. The van der Waals surface area contributed by atoms with Gasteiger partial charge in [-0.1, -0.05) is 30.3 Å². The zero-order valence-corrected chi connectivity index (χ0v) is 17.3. The summed E-state index contributed by atoms with van der Waals surface area (Å²) in [6, 6.07) is 15.2. The van der Waals surface area contributed by atoms with E-state index >= 15 is 0 Å². The molecule has 1 fully saturated rings. The summed E-state index contributed by atoms with van der Waals surface area (Å²) in [5.41, 5.74) is 3.54. The van der Waals surface area contributed by atoms with Gasteiger partial charge in [-0.15, -0.1) is 0 Å². The number of benzene rings is 1. The minimum absolute atomic E-state index is 0.0259. The summed E-state index contributed by atoms with van der Waals surface area (Å²) in [5.74, 6) is 0.945. The Labute approximate surface area is 175 Å². The van der Waals surface area contributed by atoms with E-state index in [1.165, 1.54) is 0 Å². The summed E-state index contributed by atoms with van der Waals surface area (Å²) in [7, 11) is 0. The maximum absolute atomic E-state index is 12.8. The van der Waals surface area contributed by atoms with Crippen molar-refractivity contribution >= 4 is 11.7 Å². The van der Waals surface area contributed by atoms with Gasteiger partial charge >= 0.3 is 0 Å². The maximum Gasteiger partial charge on any atom is 0.242 e. The van der Waals surface area contributed by atoms with E-state index in [9.17, 15) is 9.59 Å². The fourth-order valence-electron chi connectivity index (χ4n) is 3.84. The third-order valence-electron chi connectivity index (χ3n) is 5.53. The Hall–Kier alpha value is -3.48. The lowest BCUT2D eigenvalue weighted by Gasteiger charge is -2.35. The zero-order chi connectivity index (χ0) is 21.1. The molecule has 0 unspecified atom stereocenters. The lowest BCUT2D eigenvalue weighted by Crippen LogP contribution is -2.50. The van der Waals surface area contributed by atoms with E-state index in [1.807, 2.05) is 59.7 Å². The van der Waals surface area contributed by atoms with Crippen LogP contribution in [0.25, 0.3) is 11.3 Å². The highest BCUT2D eigenvalue weighted by Gasteiger charge is 2.23. The molecule has 0 aliphatic carbocycles. The lowest BCUT2D eigenvalue weighted by atomic mass is 10.1. The first-order valence-corrected chi connectivity index (χ1v) is 10.1.